The molecule has 8 heteroatoms. The molecule has 33 heavy (non-hydrogen) atoms. The Morgan fingerprint density at radius 1 is 1.09 bits per heavy atom. The van der Waals surface area contributed by atoms with Crippen LogP contribution in [-0.4, -0.2) is 59.3 Å². The molecule has 1 amide bonds. The SMILES string of the molecule is COc1ccc(OC)c(-c2cc(C(=O)N3CC[C@]4(CC(=O)c5ccccc5O4)C3)n(C)n2)c1. The molecule has 1 spiro atoms. The van der Waals surface area contributed by atoms with Gasteiger partial charge in [-0.15, -0.1) is 0 Å². The monoisotopic (exact) mass is 447 g/mol. The summed E-state index contributed by atoms with van der Waals surface area (Å²) in [4.78, 5) is 27.9. The van der Waals surface area contributed by atoms with E-state index in [2.05, 4.69) is 5.10 Å². The molecule has 1 aromatic heterocycles. The van der Waals surface area contributed by atoms with Crippen molar-refractivity contribution in [3.8, 4) is 28.5 Å². The third-order valence-electron chi connectivity index (χ3n) is 6.38. The van der Waals surface area contributed by atoms with Crippen LogP contribution in [0.4, 0.5) is 0 Å². The highest BCUT2D eigenvalue weighted by Gasteiger charge is 2.47. The summed E-state index contributed by atoms with van der Waals surface area (Å²) in [6, 6.07) is 14.5. The third-order valence-corrected chi connectivity index (χ3v) is 6.38. The van der Waals surface area contributed by atoms with Crippen LogP contribution in [0, 0.1) is 0 Å². The summed E-state index contributed by atoms with van der Waals surface area (Å²) >= 11 is 0. The van der Waals surface area contributed by atoms with Crippen LogP contribution in [-0.2, 0) is 7.05 Å². The number of likely N-dealkylation sites (tertiary alicyclic amines) is 1. The molecule has 0 bridgehead atoms. The van der Waals surface area contributed by atoms with Gasteiger partial charge in [-0.05, 0) is 36.4 Å². The zero-order valence-corrected chi connectivity index (χ0v) is 18.8. The van der Waals surface area contributed by atoms with Crippen LogP contribution in [0.2, 0.25) is 0 Å². The number of hydrogen-bond acceptors (Lipinski definition) is 6. The second-order valence-corrected chi connectivity index (χ2v) is 8.46. The molecule has 1 saturated heterocycles. The predicted molar refractivity (Wildman–Crippen MR) is 121 cm³/mol. The second-order valence-electron chi connectivity index (χ2n) is 8.46. The van der Waals surface area contributed by atoms with Gasteiger partial charge in [-0.1, -0.05) is 12.1 Å². The fraction of sp³-hybridized carbons (Fsp3) is 0.320. The molecule has 3 aromatic rings. The Kier molecular flexibility index (Phi) is 5.08. The summed E-state index contributed by atoms with van der Waals surface area (Å²) in [7, 11) is 4.93. The molecule has 2 aliphatic rings. The maximum atomic E-state index is 13.4. The van der Waals surface area contributed by atoms with Gasteiger partial charge in [0.25, 0.3) is 5.91 Å². The Bertz CT molecular complexity index is 1250. The molecule has 0 radical (unpaired) electrons. The van der Waals surface area contributed by atoms with Gasteiger partial charge in [0.05, 0.1) is 38.4 Å². The van der Waals surface area contributed by atoms with E-state index in [1.54, 1.807) is 43.0 Å². The summed E-state index contributed by atoms with van der Waals surface area (Å²) in [6.07, 6.45) is 0.874. The lowest BCUT2D eigenvalue weighted by Gasteiger charge is -2.34. The fourth-order valence-electron chi connectivity index (χ4n) is 4.66. The summed E-state index contributed by atoms with van der Waals surface area (Å²) in [5, 5.41) is 4.55. The van der Waals surface area contributed by atoms with Crippen molar-refractivity contribution in [2.45, 2.75) is 18.4 Å². The normalized spacial score (nSPS) is 19.4. The Labute approximate surface area is 191 Å². The molecular weight excluding hydrogens is 422 g/mol. The molecule has 0 unspecified atom stereocenters. The van der Waals surface area contributed by atoms with E-state index in [1.165, 1.54) is 0 Å². The van der Waals surface area contributed by atoms with Crippen molar-refractivity contribution in [2.24, 2.45) is 7.05 Å². The first-order chi connectivity index (χ1) is 15.9. The van der Waals surface area contributed by atoms with Crippen molar-refractivity contribution in [3.63, 3.8) is 0 Å². The molecular formula is C25H25N3O5. The number of Topliss-reactive ketones (excluding diaryl/α,β-unsaturated/α-hetero) is 1. The molecule has 170 valence electrons. The van der Waals surface area contributed by atoms with Crippen LogP contribution in [0.1, 0.15) is 33.7 Å². The van der Waals surface area contributed by atoms with Gasteiger partial charge in [0.1, 0.15) is 28.5 Å². The molecule has 0 saturated carbocycles. The molecule has 0 N–H and O–H groups in total. The van der Waals surface area contributed by atoms with Gasteiger partial charge < -0.3 is 19.1 Å². The molecule has 8 nitrogen and oxygen atoms in total. The van der Waals surface area contributed by atoms with Gasteiger partial charge in [0, 0.05) is 25.6 Å². The molecule has 2 aliphatic heterocycles. The number of carbonyl (C=O) groups is 2. The zero-order valence-electron chi connectivity index (χ0n) is 18.8. The van der Waals surface area contributed by atoms with Crippen LogP contribution in [0.15, 0.2) is 48.5 Å². The van der Waals surface area contributed by atoms with Crippen LogP contribution >= 0.6 is 0 Å². The molecule has 3 heterocycles. The van der Waals surface area contributed by atoms with E-state index in [4.69, 9.17) is 14.2 Å². The van der Waals surface area contributed by atoms with Crippen molar-refractivity contribution >= 4 is 11.7 Å². The van der Waals surface area contributed by atoms with E-state index in [9.17, 15) is 9.59 Å². The molecule has 2 aromatic carbocycles. The first-order valence-electron chi connectivity index (χ1n) is 10.8. The van der Waals surface area contributed by atoms with Crippen LogP contribution in [0.5, 0.6) is 17.2 Å². The number of hydrogen-bond donors (Lipinski definition) is 0. The highest BCUT2D eigenvalue weighted by molar-refractivity contribution is 6.00. The first kappa shape index (κ1) is 21.1. The van der Waals surface area contributed by atoms with Gasteiger partial charge in [-0.2, -0.15) is 5.10 Å². The van der Waals surface area contributed by atoms with Gasteiger partial charge in [-0.25, -0.2) is 0 Å². The maximum absolute atomic E-state index is 13.4. The zero-order chi connectivity index (χ0) is 23.2. The van der Waals surface area contributed by atoms with Gasteiger partial charge in [-0.3, -0.25) is 14.3 Å². The van der Waals surface area contributed by atoms with Gasteiger partial charge in [0.15, 0.2) is 5.78 Å². The van der Waals surface area contributed by atoms with Crippen molar-refractivity contribution in [2.75, 3.05) is 27.3 Å². The molecule has 1 fully saturated rings. The number of ether oxygens (including phenoxy) is 3. The highest BCUT2D eigenvalue weighted by atomic mass is 16.5. The summed E-state index contributed by atoms with van der Waals surface area (Å²) in [6.45, 7) is 0.867. The number of ketones is 1. The van der Waals surface area contributed by atoms with Crippen LogP contribution in [0.25, 0.3) is 11.3 Å². The van der Waals surface area contributed by atoms with E-state index in [-0.39, 0.29) is 18.1 Å². The van der Waals surface area contributed by atoms with E-state index in [0.29, 0.717) is 53.7 Å². The lowest BCUT2D eigenvalue weighted by Crippen LogP contribution is -2.45. The number of methoxy groups -OCH3 is 2. The quantitative estimate of drug-likeness (QED) is 0.610. The predicted octanol–water partition coefficient (Wildman–Crippen LogP) is 3.35. The first-order valence-corrected chi connectivity index (χ1v) is 10.8. The number of nitrogens with zero attached hydrogens (tertiary/aromatic N) is 3. The van der Waals surface area contributed by atoms with Crippen LogP contribution in [0.3, 0.4) is 0 Å². The molecule has 5 rings (SSSR count). The van der Waals surface area contributed by atoms with E-state index < -0.39 is 5.60 Å². The number of rotatable bonds is 4. The maximum Gasteiger partial charge on any atom is 0.272 e. The topological polar surface area (TPSA) is 82.9 Å². The number of carbonyl (C=O) groups excluding carboxylic acids is 2. The van der Waals surface area contributed by atoms with Gasteiger partial charge in [0.2, 0.25) is 0 Å². The average molecular weight is 447 g/mol. The Balaban J connectivity index is 1.40. The minimum absolute atomic E-state index is 0.0547. The minimum Gasteiger partial charge on any atom is -0.497 e. The number of para-hydroxylation sites is 1. The largest absolute Gasteiger partial charge is 0.497 e. The lowest BCUT2D eigenvalue weighted by molar-refractivity contribution is 0.0426. The van der Waals surface area contributed by atoms with E-state index in [1.807, 2.05) is 36.4 Å². The smallest absolute Gasteiger partial charge is 0.272 e. The molecule has 0 aliphatic carbocycles. The summed E-state index contributed by atoms with van der Waals surface area (Å²) in [5.74, 6) is 1.81. The minimum atomic E-state index is -0.682. The number of fused-ring (bicyclic) bond motifs is 1. The summed E-state index contributed by atoms with van der Waals surface area (Å²) < 4.78 is 18.6. The van der Waals surface area contributed by atoms with E-state index >= 15 is 0 Å². The van der Waals surface area contributed by atoms with Crippen molar-refractivity contribution in [1.82, 2.24) is 14.7 Å². The summed E-state index contributed by atoms with van der Waals surface area (Å²) in [5.41, 5.74) is 1.73. The van der Waals surface area contributed by atoms with Crippen LogP contribution < -0.4 is 14.2 Å². The third kappa shape index (κ3) is 3.61. The van der Waals surface area contributed by atoms with Crippen molar-refractivity contribution in [1.29, 1.82) is 0 Å². The number of aromatic nitrogens is 2. The highest BCUT2D eigenvalue weighted by Crippen LogP contribution is 2.39. The Hall–Kier alpha value is -3.81. The Morgan fingerprint density at radius 2 is 1.91 bits per heavy atom. The second kappa shape index (κ2) is 7.95. The number of amides is 1. The van der Waals surface area contributed by atoms with Crippen molar-refractivity contribution < 1.29 is 23.8 Å². The number of aryl methyl sites for hydroxylation is 1. The fourth-order valence-corrected chi connectivity index (χ4v) is 4.66. The molecule has 1 atom stereocenters. The standard InChI is InChI=1S/C25H25N3O5/c1-27-20(13-19(26-27)18-12-16(31-2)8-9-22(18)32-3)24(30)28-11-10-25(15-28)14-21(29)17-6-4-5-7-23(17)33-25/h4-9,12-13H,10-11,14-15H2,1-3H3/t25-/m0/s1. The van der Waals surface area contributed by atoms with E-state index in [0.717, 1.165) is 5.56 Å². The Morgan fingerprint density at radius 3 is 2.70 bits per heavy atom. The number of benzene rings is 2. The lowest BCUT2D eigenvalue weighted by atomic mass is 9.89. The van der Waals surface area contributed by atoms with Crippen molar-refractivity contribution in [3.05, 3.63) is 59.8 Å². The average Bonchev–Trinajstić information content (AvgIpc) is 3.41. The van der Waals surface area contributed by atoms with Gasteiger partial charge >= 0.3 is 0 Å².